The number of aromatic nitrogens is 5. The standard InChI is InChI=1S/C20H22F2N6O/c21-16(22)11-28-19(23-14-6-2-1-5-13(14)20(28)29)15-7-3-9-26(15)12-18-25-24-17-8-4-10-27(17)18/h1-2,5-6,15-16H,3-4,7-12H2. The highest BCUT2D eigenvalue weighted by Gasteiger charge is 2.32. The zero-order chi connectivity index (χ0) is 20.0. The Morgan fingerprint density at radius 2 is 2.00 bits per heavy atom. The minimum atomic E-state index is -2.62. The number of rotatable bonds is 5. The van der Waals surface area contributed by atoms with Crippen LogP contribution in [-0.4, -0.2) is 42.2 Å². The quantitative estimate of drug-likeness (QED) is 0.658. The number of alkyl halides is 2. The maximum absolute atomic E-state index is 13.3. The first-order chi connectivity index (χ1) is 14.1. The summed E-state index contributed by atoms with van der Waals surface area (Å²) in [6, 6.07) is 6.74. The minimum absolute atomic E-state index is 0.194. The lowest BCUT2D eigenvalue weighted by Crippen LogP contribution is -2.34. The predicted molar refractivity (Wildman–Crippen MR) is 103 cm³/mol. The van der Waals surface area contributed by atoms with Crippen LogP contribution in [0.15, 0.2) is 29.1 Å². The third kappa shape index (κ3) is 3.23. The van der Waals surface area contributed by atoms with Crippen molar-refractivity contribution in [1.29, 1.82) is 0 Å². The molecule has 1 saturated heterocycles. The van der Waals surface area contributed by atoms with Gasteiger partial charge in [0.25, 0.3) is 12.0 Å². The van der Waals surface area contributed by atoms with Crippen molar-refractivity contribution in [2.45, 2.75) is 57.8 Å². The summed E-state index contributed by atoms with van der Waals surface area (Å²) in [6.07, 6.45) is 1.08. The van der Waals surface area contributed by atoms with Crippen molar-refractivity contribution < 1.29 is 8.78 Å². The molecule has 2 aliphatic heterocycles. The van der Waals surface area contributed by atoms with E-state index < -0.39 is 18.5 Å². The molecular formula is C20H22F2N6O. The number of benzene rings is 1. The number of para-hydroxylation sites is 1. The summed E-state index contributed by atoms with van der Waals surface area (Å²) in [5.74, 6) is 2.33. The van der Waals surface area contributed by atoms with Crippen molar-refractivity contribution in [3.8, 4) is 0 Å². The molecular weight excluding hydrogens is 378 g/mol. The molecule has 2 aromatic heterocycles. The largest absolute Gasteiger partial charge is 0.314 e. The Morgan fingerprint density at radius 1 is 1.14 bits per heavy atom. The lowest BCUT2D eigenvalue weighted by Gasteiger charge is -2.26. The fraction of sp³-hybridized carbons (Fsp3) is 0.500. The maximum Gasteiger partial charge on any atom is 0.261 e. The van der Waals surface area contributed by atoms with Gasteiger partial charge >= 0.3 is 0 Å². The van der Waals surface area contributed by atoms with Gasteiger partial charge in [0.2, 0.25) is 0 Å². The second-order valence-electron chi connectivity index (χ2n) is 7.71. The SMILES string of the molecule is O=c1c2ccccc2nc(C2CCCN2Cc2nnc3n2CCC3)n1CC(F)F. The van der Waals surface area contributed by atoms with Crippen LogP contribution >= 0.6 is 0 Å². The molecule has 5 rings (SSSR count). The average molecular weight is 400 g/mol. The van der Waals surface area contributed by atoms with Crippen LogP contribution in [0.3, 0.4) is 0 Å². The van der Waals surface area contributed by atoms with Crippen molar-refractivity contribution in [3.63, 3.8) is 0 Å². The summed E-state index contributed by atoms with van der Waals surface area (Å²) < 4.78 is 29.9. The number of halogens is 2. The monoisotopic (exact) mass is 400 g/mol. The molecule has 0 saturated carbocycles. The van der Waals surface area contributed by atoms with Gasteiger partial charge in [0, 0.05) is 13.0 Å². The molecule has 0 bridgehead atoms. The lowest BCUT2D eigenvalue weighted by molar-refractivity contribution is 0.120. The Bertz CT molecular complexity index is 1110. The molecule has 0 radical (unpaired) electrons. The maximum atomic E-state index is 13.3. The van der Waals surface area contributed by atoms with Crippen LogP contribution in [0.5, 0.6) is 0 Å². The first-order valence-corrected chi connectivity index (χ1v) is 10.0. The van der Waals surface area contributed by atoms with E-state index in [0.29, 0.717) is 23.3 Å². The molecule has 0 amide bonds. The van der Waals surface area contributed by atoms with Crippen LogP contribution in [0.4, 0.5) is 8.78 Å². The van der Waals surface area contributed by atoms with Crippen molar-refractivity contribution in [2.75, 3.05) is 6.54 Å². The second-order valence-corrected chi connectivity index (χ2v) is 7.71. The van der Waals surface area contributed by atoms with Crippen molar-refractivity contribution >= 4 is 10.9 Å². The van der Waals surface area contributed by atoms with Gasteiger partial charge in [-0.3, -0.25) is 14.3 Å². The third-order valence-electron chi connectivity index (χ3n) is 5.90. The Morgan fingerprint density at radius 3 is 2.86 bits per heavy atom. The summed E-state index contributed by atoms with van der Waals surface area (Å²) in [7, 11) is 0. The molecule has 1 aromatic carbocycles. The topological polar surface area (TPSA) is 68.8 Å². The Labute approximate surface area is 166 Å². The molecule has 1 unspecified atom stereocenters. The van der Waals surface area contributed by atoms with Crippen LogP contribution < -0.4 is 5.56 Å². The van der Waals surface area contributed by atoms with E-state index in [1.165, 1.54) is 4.57 Å². The molecule has 1 atom stereocenters. The van der Waals surface area contributed by atoms with E-state index in [2.05, 4.69) is 24.6 Å². The van der Waals surface area contributed by atoms with E-state index >= 15 is 0 Å². The van der Waals surface area contributed by atoms with Gasteiger partial charge in [-0.2, -0.15) is 0 Å². The molecule has 4 heterocycles. The molecule has 29 heavy (non-hydrogen) atoms. The van der Waals surface area contributed by atoms with Gasteiger partial charge in [-0.1, -0.05) is 12.1 Å². The number of hydrogen-bond donors (Lipinski definition) is 0. The summed E-state index contributed by atoms with van der Waals surface area (Å²) in [4.78, 5) is 19.8. The molecule has 0 spiro atoms. The molecule has 1 fully saturated rings. The van der Waals surface area contributed by atoms with Crippen LogP contribution in [0.2, 0.25) is 0 Å². The summed E-state index contributed by atoms with van der Waals surface area (Å²) in [6.45, 7) is 1.66. The van der Waals surface area contributed by atoms with Gasteiger partial charge in [0.15, 0.2) is 0 Å². The predicted octanol–water partition coefficient (Wildman–Crippen LogP) is 2.54. The average Bonchev–Trinajstić information content (AvgIpc) is 3.43. The van der Waals surface area contributed by atoms with Crippen molar-refractivity contribution in [2.24, 2.45) is 0 Å². The highest BCUT2D eigenvalue weighted by Crippen LogP contribution is 2.33. The fourth-order valence-corrected chi connectivity index (χ4v) is 4.57. The van der Waals surface area contributed by atoms with E-state index in [1.54, 1.807) is 18.2 Å². The normalized spacial score (nSPS) is 19.5. The summed E-state index contributed by atoms with van der Waals surface area (Å²) in [5, 5.41) is 8.97. The second kappa shape index (κ2) is 7.29. The Kier molecular flexibility index (Phi) is 4.61. The molecule has 2 aliphatic rings. The fourth-order valence-electron chi connectivity index (χ4n) is 4.57. The molecule has 0 N–H and O–H groups in total. The van der Waals surface area contributed by atoms with Crippen LogP contribution in [0.25, 0.3) is 10.9 Å². The van der Waals surface area contributed by atoms with Gasteiger partial charge in [-0.15, -0.1) is 10.2 Å². The van der Waals surface area contributed by atoms with Gasteiger partial charge in [-0.25, -0.2) is 13.8 Å². The molecule has 152 valence electrons. The minimum Gasteiger partial charge on any atom is -0.314 e. The van der Waals surface area contributed by atoms with Gasteiger partial charge in [0.1, 0.15) is 17.5 Å². The summed E-state index contributed by atoms with van der Waals surface area (Å²) in [5.41, 5.74) is 0.148. The number of likely N-dealkylation sites (tertiary alicyclic amines) is 1. The highest BCUT2D eigenvalue weighted by molar-refractivity contribution is 5.77. The number of nitrogens with zero attached hydrogens (tertiary/aromatic N) is 6. The van der Waals surface area contributed by atoms with Crippen molar-refractivity contribution in [1.82, 2.24) is 29.2 Å². The van der Waals surface area contributed by atoms with Crippen LogP contribution in [0.1, 0.15) is 42.8 Å². The van der Waals surface area contributed by atoms with E-state index in [9.17, 15) is 13.6 Å². The van der Waals surface area contributed by atoms with E-state index in [4.69, 9.17) is 0 Å². The Hall–Kier alpha value is -2.68. The van der Waals surface area contributed by atoms with Crippen LogP contribution in [-0.2, 0) is 26.1 Å². The van der Waals surface area contributed by atoms with Gasteiger partial charge in [0.05, 0.1) is 30.0 Å². The third-order valence-corrected chi connectivity index (χ3v) is 5.90. The van der Waals surface area contributed by atoms with E-state index in [0.717, 1.165) is 50.4 Å². The zero-order valence-corrected chi connectivity index (χ0v) is 16.0. The van der Waals surface area contributed by atoms with Crippen molar-refractivity contribution in [3.05, 3.63) is 52.1 Å². The molecule has 9 heteroatoms. The van der Waals surface area contributed by atoms with E-state index in [-0.39, 0.29) is 6.04 Å². The molecule has 3 aromatic rings. The highest BCUT2D eigenvalue weighted by atomic mass is 19.3. The van der Waals surface area contributed by atoms with E-state index in [1.807, 2.05) is 6.07 Å². The Balaban J connectivity index is 1.55. The molecule has 0 aliphatic carbocycles. The first-order valence-electron chi connectivity index (χ1n) is 10.0. The van der Waals surface area contributed by atoms with Crippen LogP contribution in [0, 0.1) is 0 Å². The first kappa shape index (κ1) is 18.4. The summed E-state index contributed by atoms with van der Waals surface area (Å²) >= 11 is 0. The molecule has 7 nitrogen and oxygen atoms in total. The number of aryl methyl sites for hydroxylation is 1. The smallest absolute Gasteiger partial charge is 0.261 e. The number of fused-ring (bicyclic) bond motifs is 2. The zero-order valence-electron chi connectivity index (χ0n) is 16.0. The number of hydrogen-bond acceptors (Lipinski definition) is 5. The van der Waals surface area contributed by atoms with Gasteiger partial charge < -0.3 is 4.57 Å². The van der Waals surface area contributed by atoms with Gasteiger partial charge in [-0.05, 0) is 37.9 Å². The lowest BCUT2D eigenvalue weighted by atomic mass is 10.1.